The molecular weight excluding hydrogens is 266 g/mol. The van der Waals surface area contributed by atoms with E-state index < -0.39 is 5.54 Å². The molecule has 0 bridgehead atoms. The zero-order chi connectivity index (χ0) is 15.6. The summed E-state index contributed by atoms with van der Waals surface area (Å²) in [5.41, 5.74) is 0.782. The van der Waals surface area contributed by atoms with Crippen LogP contribution in [0.5, 0.6) is 5.75 Å². The first kappa shape index (κ1) is 15.3. The molecule has 0 spiro atoms. The number of carbonyl (C=O) groups excluding carboxylic acids is 1. The van der Waals surface area contributed by atoms with E-state index in [-0.39, 0.29) is 11.7 Å². The molecule has 2 rings (SSSR count). The second-order valence-corrected chi connectivity index (χ2v) is 5.97. The molecule has 5 nitrogen and oxygen atoms in total. The molecule has 1 aromatic rings. The van der Waals surface area contributed by atoms with Crippen LogP contribution in [0.25, 0.3) is 0 Å². The van der Waals surface area contributed by atoms with E-state index in [2.05, 4.69) is 11.0 Å². The van der Waals surface area contributed by atoms with Crippen LogP contribution < -0.4 is 0 Å². The average Bonchev–Trinajstić information content (AvgIpc) is 2.49. The Bertz CT molecular complexity index is 582. The molecule has 0 radical (unpaired) electrons. The van der Waals surface area contributed by atoms with Crippen molar-refractivity contribution in [2.24, 2.45) is 0 Å². The van der Waals surface area contributed by atoms with Crippen molar-refractivity contribution in [3.63, 3.8) is 0 Å². The highest BCUT2D eigenvalue weighted by molar-refractivity contribution is 5.97. The Morgan fingerprint density at radius 2 is 1.90 bits per heavy atom. The zero-order valence-corrected chi connectivity index (χ0v) is 12.8. The molecule has 0 atom stereocenters. The van der Waals surface area contributed by atoms with E-state index in [9.17, 15) is 9.90 Å². The molecule has 1 N–H and O–H groups in total. The average molecular weight is 287 g/mol. The Labute approximate surface area is 125 Å². The van der Waals surface area contributed by atoms with Crippen LogP contribution in [0.4, 0.5) is 0 Å². The van der Waals surface area contributed by atoms with Crippen molar-refractivity contribution in [3.05, 3.63) is 29.3 Å². The lowest BCUT2D eigenvalue weighted by Gasteiger charge is -2.40. The van der Waals surface area contributed by atoms with Crippen molar-refractivity contribution in [1.29, 1.82) is 5.26 Å². The number of nitriles is 1. The Balaban J connectivity index is 2.07. The number of benzene rings is 1. The maximum Gasteiger partial charge on any atom is 0.257 e. The lowest BCUT2D eigenvalue weighted by molar-refractivity contribution is 0.0518. The van der Waals surface area contributed by atoms with Gasteiger partial charge in [-0.3, -0.25) is 9.69 Å². The molecule has 1 aliphatic heterocycles. The van der Waals surface area contributed by atoms with E-state index in [1.54, 1.807) is 23.1 Å². The van der Waals surface area contributed by atoms with Gasteiger partial charge in [0, 0.05) is 26.2 Å². The first-order chi connectivity index (χ1) is 9.85. The molecule has 0 aliphatic carbocycles. The fraction of sp³-hybridized carbons (Fsp3) is 0.500. The number of piperazine rings is 1. The third-order valence-corrected chi connectivity index (χ3v) is 4.01. The van der Waals surface area contributed by atoms with Crippen molar-refractivity contribution >= 4 is 5.91 Å². The van der Waals surface area contributed by atoms with E-state index in [4.69, 9.17) is 5.26 Å². The number of nitrogens with zero attached hydrogens (tertiary/aromatic N) is 3. The topological polar surface area (TPSA) is 67.6 Å². The normalized spacial score (nSPS) is 16.6. The summed E-state index contributed by atoms with van der Waals surface area (Å²) in [5.74, 6) is -0.129. The van der Waals surface area contributed by atoms with Crippen molar-refractivity contribution in [3.8, 4) is 11.8 Å². The number of phenols is 1. The van der Waals surface area contributed by atoms with Gasteiger partial charge in [0.15, 0.2) is 0 Å². The van der Waals surface area contributed by atoms with Gasteiger partial charge in [0.05, 0.1) is 11.6 Å². The number of carbonyl (C=O) groups is 1. The van der Waals surface area contributed by atoms with E-state index >= 15 is 0 Å². The summed E-state index contributed by atoms with van der Waals surface area (Å²) in [4.78, 5) is 16.3. The van der Waals surface area contributed by atoms with E-state index in [1.807, 2.05) is 20.8 Å². The number of phenolic OH excluding ortho intramolecular Hbond substituents is 1. The minimum absolute atomic E-state index is 0.0189. The van der Waals surface area contributed by atoms with Gasteiger partial charge in [0.25, 0.3) is 5.91 Å². The molecule has 21 heavy (non-hydrogen) atoms. The van der Waals surface area contributed by atoms with Gasteiger partial charge in [-0.25, -0.2) is 0 Å². The van der Waals surface area contributed by atoms with Gasteiger partial charge >= 0.3 is 0 Å². The number of rotatable bonds is 2. The maximum atomic E-state index is 12.5. The van der Waals surface area contributed by atoms with Crippen molar-refractivity contribution < 1.29 is 9.90 Å². The number of hydrogen-bond donors (Lipinski definition) is 1. The SMILES string of the molecule is Cc1ccc(O)c(C(=O)N2CCN(C(C)(C)C#N)CC2)c1. The number of aromatic hydroxyl groups is 1. The van der Waals surface area contributed by atoms with E-state index in [0.717, 1.165) is 5.56 Å². The summed E-state index contributed by atoms with van der Waals surface area (Å²) < 4.78 is 0. The number of hydrogen-bond acceptors (Lipinski definition) is 4. The van der Waals surface area contributed by atoms with Crippen molar-refractivity contribution in [2.45, 2.75) is 26.3 Å². The molecule has 1 aliphatic rings. The first-order valence-electron chi connectivity index (χ1n) is 7.10. The lowest BCUT2D eigenvalue weighted by atomic mass is 10.0. The summed E-state index contributed by atoms with van der Waals surface area (Å²) in [7, 11) is 0. The maximum absolute atomic E-state index is 12.5. The molecule has 5 heteroatoms. The molecule has 0 aromatic heterocycles. The molecule has 0 unspecified atom stereocenters. The van der Waals surface area contributed by atoms with Gasteiger partial charge in [-0.15, -0.1) is 0 Å². The van der Waals surface area contributed by atoms with Gasteiger partial charge in [-0.1, -0.05) is 11.6 Å². The quantitative estimate of drug-likeness (QED) is 0.900. The van der Waals surface area contributed by atoms with Gasteiger partial charge in [0.1, 0.15) is 11.3 Å². The summed E-state index contributed by atoms with van der Waals surface area (Å²) in [5, 5.41) is 19.0. The Kier molecular flexibility index (Phi) is 4.19. The molecule has 1 aromatic carbocycles. The second-order valence-electron chi connectivity index (χ2n) is 5.97. The van der Waals surface area contributed by atoms with Crippen LogP contribution in [-0.2, 0) is 0 Å². The van der Waals surface area contributed by atoms with Gasteiger partial charge in [-0.05, 0) is 32.9 Å². The van der Waals surface area contributed by atoms with E-state index in [0.29, 0.717) is 31.7 Å². The van der Waals surface area contributed by atoms with Crippen LogP contribution in [0.2, 0.25) is 0 Å². The van der Waals surface area contributed by atoms with Crippen LogP contribution in [0.15, 0.2) is 18.2 Å². The van der Waals surface area contributed by atoms with Crippen LogP contribution in [0, 0.1) is 18.3 Å². The third kappa shape index (κ3) is 3.17. The summed E-state index contributed by atoms with van der Waals surface area (Å²) in [6, 6.07) is 7.33. The van der Waals surface area contributed by atoms with Crippen LogP contribution >= 0.6 is 0 Å². The predicted octanol–water partition coefficient (Wildman–Crippen LogP) is 1.76. The summed E-state index contributed by atoms with van der Waals surface area (Å²) in [6.07, 6.45) is 0. The predicted molar refractivity (Wildman–Crippen MR) is 80.0 cm³/mol. The molecular formula is C16H21N3O2. The van der Waals surface area contributed by atoms with Crippen molar-refractivity contribution in [2.75, 3.05) is 26.2 Å². The summed E-state index contributed by atoms with van der Waals surface area (Å²) in [6.45, 7) is 8.13. The zero-order valence-electron chi connectivity index (χ0n) is 12.8. The fourth-order valence-corrected chi connectivity index (χ4v) is 2.53. The standard InChI is InChI=1S/C16H21N3O2/c1-12-4-5-14(20)13(10-12)15(21)18-6-8-19(9-7-18)16(2,3)11-17/h4-5,10,20H,6-9H2,1-3H3. The minimum atomic E-state index is -0.513. The Morgan fingerprint density at radius 3 is 2.48 bits per heavy atom. The van der Waals surface area contributed by atoms with Crippen LogP contribution in [0.3, 0.4) is 0 Å². The fourth-order valence-electron chi connectivity index (χ4n) is 2.53. The molecule has 1 amide bonds. The van der Waals surface area contributed by atoms with Gasteiger partial charge in [-0.2, -0.15) is 5.26 Å². The highest BCUT2D eigenvalue weighted by Crippen LogP contribution is 2.22. The number of aryl methyl sites for hydroxylation is 1. The minimum Gasteiger partial charge on any atom is -0.507 e. The lowest BCUT2D eigenvalue weighted by Crippen LogP contribution is -2.55. The molecule has 0 saturated carbocycles. The molecule has 112 valence electrons. The molecule has 1 fully saturated rings. The summed E-state index contributed by atoms with van der Waals surface area (Å²) >= 11 is 0. The third-order valence-electron chi connectivity index (χ3n) is 4.01. The number of amides is 1. The smallest absolute Gasteiger partial charge is 0.257 e. The molecule has 1 saturated heterocycles. The second kappa shape index (κ2) is 5.74. The Morgan fingerprint density at radius 1 is 1.29 bits per heavy atom. The van der Waals surface area contributed by atoms with E-state index in [1.165, 1.54) is 0 Å². The highest BCUT2D eigenvalue weighted by atomic mass is 16.3. The highest BCUT2D eigenvalue weighted by Gasteiger charge is 2.31. The Hall–Kier alpha value is -2.06. The molecule has 1 heterocycles. The van der Waals surface area contributed by atoms with Crippen molar-refractivity contribution in [1.82, 2.24) is 9.80 Å². The van der Waals surface area contributed by atoms with Gasteiger partial charge < -0.3 is 10.0 Å². The largest absolute Gasteiger partial charge is 0.507 e. The van der Waals surface area contributed by atoms with Crippen LogP contribution in [-0.4, -0.2) is 52.5 Å². The first-order valence-corrected chi connectivity index (χ1v) is 7.10. The monoisotopic (exact) mass is 287 g/mol. The van der Waals surface area contributed by atoms with Crippen LogP contribution in [0.1, 0.15) is 29.8 Å². The van der Waals surface area contributed by atoms with Gasteiger partial charge in [0.2, 0.25) is 0 Å².